The van der Waals surface area contributed by atoms with Crippen molar-refractivity contribution in [3.05, 3.63) is 119 Å². The summed E-state index contributed by atoms with van der Waals surface area (Å²) in [6.07, 6.45) is 3.04. The van der Waals surface area contributed by atoms with Gasteiger partial charge in [-0.25, -0.2) is 14.4 Å². The molecule has 2 unspecified atom stereocenters. The van der Waals surface area contributed by atoms with Crippen molar-refractivity contribution in [1.82, 2.24) is 5.32 Å². The first kappa shape index (κ1) is 65.5. The lowest BCUT2D eigenvalue weighted by Gasteiger charge is -2.67. The molecule has 0 radical (unpaired) electrons. The van der Waals surface area contributed by atoms with Gasteiger partial charge < -0.3 is 58.2 Å². The number of unbranched alkanes of at least 4 members (excludes halogenated alkanes) is 12. The second-order valence-electron chi connectivity index (χ2n) is 24.6. The Hall–Kier alpha value is -6.51. The molecule has 3 aromatic rings. The molecular weight excluding hydrogens is 1110 g/mol. The summed E-state index contributed by atoms with van der Waals surface area (Å²) in [5, 5.41) is 29.2. The minimum absolute atomic E-state index is 0.0417. The van der Waals surface area contributed by atoms with E-state index in [0.29, 0.717) is 12.0 Å². The van der Waals surface area contributed by atoms with Gasteiger partial charge in [0.2, 0.25) is 6.10 Å². The Morgan fingerprint density at radius 3 is 1.88 bits per heavy atom. The van der Waals surface area contributed by atoms with Gasteiger partial charge in [0.25, 0.3) is 5.91 Å². The third kappa shape index (κ3) is 14.4. The molecule has 13 atom stereocenters. The number of esters is 4. The molecule has 2 saturated carbocycles. The molecular formula is C67H87NO18. The second-order valence-corrected chi connectivity index (χ2v) is 24.6. The van der Waals surface area contributed by atoms with Crippen LogP contribution < -0.4 is 5.32 Å². The number of benzene rings is 3. The highest BCUT2D eigenvalue weighted by Crippen LogP contribution is 2.64. The van der Waals surface area contributed by atoms with Crippen LogP contribution in [0.1, 0.15) is 184 Å². The topological polar surface area (TPSA) is 255 Å². The van der Waals surface area contributed by atoms with E-state index in [1.165, 1.54) is 90.2 Å². The highest BCUT2D eigenvalue weighted by Gasteiger charge is 2.78. The van der Waals surface area contributed by atoms with Crippen LogP contribution in [0.25, 0.3) is 0 Å². The summed E-state index contributed by atoms with van der Waals surface area (Å²) < 4.78 is 54.7. The van der Waals surface area contributed by atoms with Crippen LogP contribution in [0.2, 0.25) is 0 Å². The Morgan fingerprint density at radius 1 is 0.733 bits per heavy atom. The van der Waals surface area contributed by atoms with Crippen molar-refractivity contribution in [2.45, 2.75) is 217 Å². The van der Waals surface area contributed by atoms with E-state index in [2.05, 4.69) is 12.2 Å². The Balaban J connectivity index is 1.09. The molecule has 5 aliphatic rings. The van der Waals surface area contributed by atoms with Crippen LogP contribution in [0.3, 0.4) is 0 Å². The van der Waals surface area contributed by atoms with Crippen LogP contribution in [0.4, 0.5) is 4.79 Å². The Bertz CT molecular complexity index is 2860. The van der Waals surface area contributed by atoms with E-state index < -0.39 is 131 Å². The number of aliphatic hydroxyl groups is 2. The summed E-state index contributed by atoms with van der Waals surface area (Å²) in [6.45, 7) is 9.95. The number of fused-ring (bicyclic) bond motifs is 5. The second kappa shape index (κ2) is 29.0. The maximum atomic E-state index is 15.9. The van der Waals surface area contributed by atoms with E-state index in [4.69, 9.17) is 42.6 Å². The quantitative estimate of drug-likeness (QED) is 0.0278. The van der Waals surface area contributed by atoms with Crippen LogP contribution in [-0.2, 0) is 61.8 Å². The first-order valence-corrected chi connectivity index (χ1v) is 30.8. The summed E-state index contributed by atoms with van der Waals surface area (Å²) in [5.41, 5.74) is -7.58. The molecule has 19 nitrogen and oxygen atoms in total. The van der Waals surface area contributed by atoms with Gasteiger partial charge in [-0.1, -0.05) is 165 Å². The van der Waals surface area contributed by atoms with Gasteiger partial charge in [-0.15, -0.1) is 0 Å². The van der Waals surface area contributed by atoms with E-state index in [1.807, 2.05) is 0 Å². The molecule has 2 bridgehead atoms. The molecule has 2 aliphatic heterocycles. The van der Waals surface area contributed by atoms with Crippen molar-refractivity contribution in [1.29, 1.82) is 0 Å². The fourth-order valence-electron chi connectivity index (χ4n) is 13.7. The Morgan fingerprint density at radius 2 is 1.31 bits per heavy atom. The fraction of sp³-hybridized carbons (Fsp3) is 0.597. The van der Waals surface area contributed by atoms with E-state index in [9.17, 15) is 34.2 Å². The van der Waals surface area contributed by atoms with Crippen LogP contribution in [0, 0.1) is 16.7 Å². The summed E-state index contributed by atoms with van der Waals surface area (Å²) in [5.74, 6) is -7.12. The first-order valence-electron chi connectivity index (χ1n) is 30.8. The molecule has 0 spiro atoms. The predicted octanol–water partition coefficient (Wildman–Crippen LogP) is 10.1. The summed E-state index contributed by atoms with van der Waals surface area (Å²) in [4.78, 5) is 101. The third-order valence-corrected chi connectivity index (χ3v) is 18.4. The third-order valence-electron chi connectivity index (χ3n) is 18.4. The monoisotopic (exact) mass is 1190 g/mol. The molecule has 3 aromatic carbocycles. The van der Waals surface area contributed by atoms with Crippen molar-refractivity contribution in [3.63, 3.8) is 0 Å². The van der Waals surface area contributed by atoms with E-state index >= 15 is 9.59 Å². The van der Waals surface area contributed by atoms with Gasteiger partial charge in [0.1, 0.15) is 42.7 Å². The number of hydrogen-bond acceptors (Lipinski definition) is 18. The molecule has 19 heteroatoms. The molecule has 3 N–H and O–H groups in total. The largest absolute Gasteiger partial charge is 0.509 e. The number of nitrogens with one attached hydrogen (secondary N) is 1. The normalized spacial score (nSPS) is 28.8. The molecule has 8 rings (SSSR count). The van der Waals surface area contributed by atoms with Crippen LogP contribution in [-0.4, -0.2) is 132 Å². The highest BCUT2D eigenvalue weighted by molar-refractivity contribution is 5.96. The minimum Gasteiger partial charge on any atom is -0.455 e. The molecule has 0 aromatic heterocycles. The average molecular weight is 1190 g/mol. The van der Waals surface area contributed by atoms with Gasteiger partial charge in [-0.05, 0) is 67.7 Å². The van der Waals surface area contributed by atoms with Gasteiger partial charge in [0.05, 0.1) is 36.2 Å². The smallest absolute Gasteiger partial charge is 0.455 e. The van der Waals surface area contributed by atoms with Crippen molar-refractivity contribution in [2.24, 2.45) is 16.7 Å². The van der Waals surface area contributed by atoms with E-state index in [-0.39, 0.29) is 48.5 Å². The molecule has 4 fully saturated rings. The first-order chi connectivity index (χ1) is 41.2. The maximum absolute atomic E-state index is 15.9. The number of carbonyl (C=O) groups is 7. The number of Topliss-reactive ketones (excluding diaryl/α,β-unsaturated/α-hetero) is 1. The number of aliphatic hydroxyl groups excluding tert-OH is 1. The van der Waals surface area contributed by atoms with Crippen LogP contribution >= 0.6 is 0 Å². The predicted molar refractivity (Wildman–Crippen MR) is 313 cm³/mol. The number of rotatable bonds is 27. The number of ketones is 1. The number of carbonyl (C=O) groups excluding carboxylic acids is 7. The molecule has 3 aliphatic carbocycles. The summed E-state index contributed by atoms with van der Waals surface area (Å²) in [6, 6.07) is 22.7. The highest BCUT2D eigenvalue weighted by atomic mass is 16.8. The van der Waals surface area contributed by atoms with E-state index in [1.54, 1.807) is 92.7 Å². The summed E-state index contributed by atoms with van der Waals surface area (Å²) in [7, 11) is 0. The molecule has 86 heavy (non-hydrogen) atoms. The van der Waals surface area contributed by atoms with Gasteiger partial charge in [0, 0.05) is 37.7 Å². The van der Waals surface area contributed by atoms with Gasteiger partial charge in [-0.3, -0.25) is 19.2 Å². The molecule has 2 heterocycles. The SMILES string of the molecule is CCCCCCCCCCCCCCCC1OCC(COC(=O)O[C@@H](C(=O)O[C@H]2C[C@@]3(O)[C@@H](OC(=O)c4ccccc4)[C@@H]4[C@]5(OC(C)=O)CO[C@@H]5C[C@H](O)[C@@]4(C)C(=O)[C@H](OC(C)=O)C(=C2C)C3(C)C)[C@H](NC(=O)c2ccccc2)c2ccccc2)O1. The number of hydrogen-bond donors (Lipinski definition) is 3. The average Bonchev–Trinajstić information content (AvgIpc) is 0.696. The van der Waals surface area contributed by atoms with Gasteiger partial charge >= 0.3 is 30.0 Å². The molecule has 2 saturated heterocycles. The lowest BCUT2D eigenvalue weighted by atomic mass is 9.44. The maximum Gasteiger partial charge on any atom is 0.509 e. The van der Waals surface area contributed by atoms with Crippen LogP contribution in [0.15, 0.2) is 102 Å². The zero-order chi connectivity index (χ0) is 61.8. The molecule has 1 amide bonds. The lowest BCUT2D eigenvalue weighted by molar-refractivity contribution is -0.346. The standard InChI is InChI=1S/C67H87NO18/c1-8-9-10-11-12-13-14-15-16-17-18-19-29-36-52-78-39-48(82-52)40-79-63(76)84-56(54(45-30-23-20-24-31-45)68-60(73)46-32-25-21-26-33-46)62(75)83-49-38-67(77)59(85-61(74)47-34-27-22-28-35-47)57-65(7,50(71)37-51-66(57,41-80-51)86-44(4)70)58(72)55(81-43(3)69)53(42(49)2)64(67,5)6/h20-28,30-35,48-52,54-57,59,71,77H,8-19,29,36-41H2,1-7H3,(H,68,73)/t48?,49-,50-,51+,52?,54+,55+,56+,57-,59-,65+,66-,67+/m0/s1. The summed E-state index contributed by atoms with van der Waals surface area (Å²) >= 11 is 0. The Kier molecular flexibility index (Phi) is 22.1. The number of amides is 1. The lowest BCUT2D eigenvalue weighted by Crippen LogP contribution is -2.82. The van der Waals surface area contributed by atoms with Crippen LogP contribution in [0.5, 0.6) is 0 Å². The zero-order valence-corrected chi connectivity index (χ0v) is 50.8. The van der Waals surface area contributed by atoms with Gasteiger partial charge in [0.15, 0.2) is 23.8 Å². The zero-order valence-electron chi connectivity index (χ0n) is 50.8. The number of ether oxygens (including phenoxy) is 9. The fourth-order valence-corrected chi connectivity index (χ4v) is 13.7. The minimum atomic E-state index is -2.49. The Labute approximate surface area is 504 Å². The van der Waals surface area contributed by atoms with Crippen molar-refractivity contribution < 1.29 is 86.4 Å². The van der Waals surface area contributed by atoms with E-state index in [0.717, 1.165) is 33.1 Å². The van der Waals surface area contributed by atoms with Crippen molar-refractivity contribution in [3.8, 4) is 0 Å². The van der Waals surface area contributed by atoms with Gasteiger partial charge in [-0.2, -0.15) is 0 Å². The van der Waals surface area contributed by atoms with Crippen molar-refractivity contribution in [2.75, 3.05) is 19.8 Å². The van der Waals surface area contributed by atoms with Crippen molar-refractivity contribution >= 4 is 41.7 Å². The molecule has 468 valence electrons.